The first-order valence-corrected chi connectivity index (χ1v) is 6.58. The van der Waals surface area contributed by atoms with E-state index in [9.17, 15) is 9.18 Å². The average molecular weight is 264 g/mol. The van der Waals surface area contributed by atoms with Crippen LogP contribution in [0.3, 0.4) is 0 Å². The van der Waals surface area contributed by atoms with Crippen LogP contribution in [0.1, 0.15) is 25.7 Å². The van der Waals surface area contributed by atoms with Gasteiger partial charge in [0.1, 0.15) is 11.7 Å². The zero-order valence-electron chi connectivity index (χ0n) is 9.80. The minimum atomic E-state index is -0.873. The predicted octanol–water partition coefficient (Wildman–Crippen LogP) is 2.54. The van der Waals surface area contributed by atoms with E-state index in [0.717, 1.165) is 25.7 Å². The average Bonchev–Trinajstić information content (AvgIpc) is 2.82. The molecule has 18 heavy (non-hydrogen) atoms. The Balaban J connectivity index is 1.97. The van der Waals surface area contributed by atoms with Gasteiger partial charge in [0.15, 0.2) is 0 Å². The maximum Gasteiger partial charge on any atom is 0.245 e. The molecule has 94 valence electrons. The third kappa shape index (κ3) is 1.73. The van der Waals surface area contributed by atoms with Gasteiger partial charge < -0.3 is 0 Å². The van der Waals surface area contributed by atoms with Crippen molar-refractivity contribution in [2.75, 3.05) is 0 Å². The Morgan fingerprint density at radius 1 is 1.39 bits per heavy atom. The Bertz CT molecular complexity index is 503. The summed E-state index contributed by atoms with van der Waals surface area (Å²) in [6, 6.07) is 0.106. The molecular weight excluding hydrogens is 251 g/mol. The molecule has 0 saturated heterocycles. The third-order valence-corrected chi connectivity index (χ3v) is 3.99. The van der Waals surface area contributed by atoms with Crippen LogP contribution in [0.4, 0.5) is 4.39 Å². The molecule has 1 heterocycles. The van der Waals surface area contributed by atoms with E-state index in [1.165, 1.54) is 11.0 Å². The SMILES string of the molecule is O=C1C2C(F)=CC=CC2=NC(=S)N1C1CCCC1. The number of fused-ring (bicyclic) bond motifs is 1. The highest BCUT2D eigenvalue weighted by Gasteiger charge is 2.41. The lowest BCUT2D eigenvalue weighted by Crippen LogP contribution is -2.50. The van der Waals surface area contributed by atoms with Crippen molar-refractivity contribution in [3.05, 3.63) is 24.1 Å². The van der Waals surface area contributed by atoms with E-state index in [2.05, 4.69) is 4.99 Å². The van der Waals surface area contributed by atoms with Crippen LogP contribution in [0.5, 0.6) is 0 Å². The summed E-state index contributed by atoms with van der Waals surface area (Å²) in [4.78, 5) is 18.2. The van der Waals surface area contributed by atoms with Gasteiger partial charge in [-0.15, -0.1) is 0 Å². The maximum absolute atomic E-state index is 13.8. The van der Waals surface area contributed by atoms with Crippen molar-refractivity contribution in [3.8, 4) is 0 Å². The van der Waals surface area contributed by atoms with Crippen molar-refractivity contribution >= 4 is 28.9 Å². The summed E-state index contributed by atoms with van der Waals surface area (Å²) in [7, 11) is 0. The molecule has 3 nitrogen and oxygen atoms in total. The Hall–Kier alpha value is -1.36. The highest BCUT2D eigenvalue weighted by atomic mass is 32.1. The largest absolute Gasteiger partial charge is 0.283 e. The van der Waals surface area contributed by atoms with E-state index in [1.54, 1.807) is 12.2 Å². The van der Waals surface area contributed by atoms with Gasteiger partial charge in [0, 0.05) is 6.04 Å². The summed E-state index contributed by atoms with van der Waals surface area (Å²) in [6.45, 7) is 0. The van der Waals surface area contributed by atoms with Crippen molar-refractivity contribution in [2.24, 2.45) is 10.9 Å². The first kappa shape index (κ1) is 11.7. The van der Waals surface area contributed by atoms with Crippen molar-refractivity contribution in [2.45, 2.75) is 31.7 Å². The van der Waals surface area contributed by atoms with E-state index >= 15 is 0 Å². The number of allylic oxidation sites excluding steroid dienone is 3. The van der Waals surface area contributed by atoms with Crippen LogP contribution >= 0.6 is 12.2 Å². The summed E-state index contributed by atoms with van der Waals surface area (Å²) in [6.07, 6.45) is 8.60. The molecule has 0 aromatic carbocycles. The molecule has 0 N–H and O–H groups in total. The Kier molecular flexibility index (Phi) is 2.86. The van der Waals surface area contributed by atoms with Gasteiger partial charge in [-0.25, -0.2) is 9.38 Å². The predicted molar refractivity (Wildman–Crippen MR) is 71.0 cm³/mol. The van der Waals surface area contributed by atoms with Gasteiger partial charge in [-0.2, -0.15) is 0 Å². The molecule has 1 amide bonds. The second-order valence-corrected chi connectivity index (χ2v) is 5.17. The normalized spacial score (nSPS) is 28.3. The fourth-order valence-electron chi connectivity index (χ4n) is 2.81. The number of carbonyl (C=O) groups excluding carboxylic acids is 1. The third-order valence-electron chi connectivity index (χ3n) is 3.70. The number of nitrogens with zero attached hydrogens (tertiary/aromatic N) is 2. The van der Waals surface area contributed by atoms with Gasteiger partial charge in [0.25, 0.3) is 0 Å². The lowest BCUT2D eigenvalue weighted by atomic mass is 9.93. The summed E-state index contributed by atoms with van der Waals surface area (Å²) >= 11 is 5.19. The minimum Gasteiger partial charge on any atom is -0.283 e. The van der Waals surface area contributed by atoms with Crippen LogP contribution in [-0.2, 0) is 4.79 Å². The zero-order valence-corrected chi connectivity index (χ0v) is 10.6. The lowest BCUT2D eigenvalue weighted by molar-refractivity contribution is -0.130. The van der Waals surface area contributed by atoms with Crippen LogP contribution in [0.15, 0.2) is 29.0 Å². The number of halogens is 1. The van der Waals surface area contributed by atoms with Gasteiger partial charge in [-0.05, 0) is 37.2 Å². The molecule has 1 unspecified atom stereocenters. The summed E-state index contributed by atoms with van der Waals surface area (Å²) in [5, 5.41) is 0.289. The molecule has 1 aliphatic heterocycles. The molecule has 1 saturated carbocycles. The smallest absolute Gasteiger partial charge is 0.245 e. The molecule has 2 aliphatic carbocycles. The Morgan fingerprint density at radius 3 is 2.83 bits per heavy atom. The first-order chi connectivity index (χ1) is 8.68. The summed E-state index contributed by atoms with van der Waals surface area (Å²) < 4.78 is 13.8. The number of amides is 1. The molecule has 1 atom stereocenters. The maximum atomic E-state index is 13.8. The highest BCUT2D eigenvalue weighted by Crippen LogP contribution is 2.32. The van der Waals surface area contributed by atoms with E-state index in [4.69, 9.17) is 12.2 Å². The molecule has 0 aromatic rings. The van der Waals surface area contributed by atoms with Gasteiger partial charge in [-0.3, -0.25) is 9.69 Å². The first-order valence-electron chi connectivity index (χ1n) is 6.18. The number of hydrogen-bond acceptors (Lipinski definition) is 2. The zero-order chi connectivity index (χ0) is 12.7. The van der Waals surface area contributed by atoms with Gasteiger partial charge in [0.05, 0.1) is 5.71 Å². The topological polar surface area (TPSA) is 32.7 Å². The molecule has 0 bridgehead atoms. The minimum absolute atomic E-state index is 0.106. The quantitative estimate of drug-likeness (QED) is 0.682. The number of carbonyl (C=O) groups is 1. The van der Waals surface area contributed by atoms with Crippen molar-refractivity contribution in [1.29, 1.82) is 0 Å². The number of thiocarbonyl (C=S) groups is 1. The molecular formula is C13H13FN2OS. The van der Waals surface area contributed by atoms with Crippen molar-refractivity contribution < 1.29 is 9.18 Å². The van der Waals surface area contributed by atoms with Gasteiger partial charge in [0.2, 0.25) is 11.0 Å². The summed E-state index contributed by atoms with van der Waals surface area (Å²) in [5.41, 5.74) is 0.430. The van der Waals surface area contributed by atoms with E-state index < -0.39 is 11.7 Å². The van der Waals surface area contributed by atoms with Crippen molar-refractivity contribution in [1.82, 2.24) is 4.90 Å². The highest BCUT2D eigenvalue weighted by molar-refractivity contribution is 7.80. The number of aliphatic imine (C=N–C) groups is 1. The van der Waals surface area contributed by atoms with E-state index in [1.807, 2.05) is 0 Å². The van der Waals surface area contributed by atoms with E-state index in [-0.39, 0.29) is 17.1 Å². The van der Waals surface area contributed by atoms with Crippen LogP contribution < -0.4 is 0 Å². The molecule has 0 spiro atoms. The van der Waals surface area contributed by atoms with Gasteiger partial charge >= 0.3 is 0 Å². The molecule has 3 aliphatic rings. The number of hydrogen-bond donors (Lipinski definition) is 0. The molecule has 0 radical (unpaired) electrons. The monoisotopic (exact) mass is 264 g/mol. The molecule has 3 rings (SSSR count). The van der Waals surface area contributed by atoms with Crippen LogP contribution in [0.25, 0.3) is 0 Å². The number of rotatable bonds is 1. The van der Waals surface area contributed by atoms with Gasteiger partial charge in [-0.1, -0.05) is 18.9 Å². The Labute approximate surface area is 110 Å². The van der Waals surface area contributed by atoms with Crippen LogP contribution in [-0.4, -0.2) is 27.7 Å². The molecule has 5 heteroatoms. The second-order valence-electron chi connectivity index (χ2n) is 4.81. The Morgan fingerprint density at radius 2 is 2.11 bits per heavy atom. The van der Waals surface area contributed by atoms with Crippen molar-refractivity contribution in [3.63, 3.8) is 0 Å². The van der Waals surface area contributed by atoms with E-state index in [0.29, 0.717) is 5.71 Å². The lowest BCUT2D eigenvalue weighted by Gasteiger charge is -2.34. The molecule has 1 fully saturated rings. The fraction of sp³-hybridized carbons (Fsp3) is 0.462. The summed E-state index contributed by atoms with van der Waals surface area (Å²) in [5.74, 6) is -1.57. The molecule has 0 aromatic heterocycles. The van der Waals surface area contributed by atoms with Crippen LogP contribution in [0, 0.1) is 5.92 Å². The standard InChI is InChI=1S/C13H13FN2OS/c14-9-6-3-7-10-11(9)12(17)16(13(18)15-10)8-4-1-2-5-8/h3,6-8,11H,1-2,4-5H2. The second kappa shape index (κ2) is 4.39. The fourth-order valence-corrected chi connectivity index (χ4v) is 3.16. The van der Waals surface area contributed by atoms with Crippen LogP contribution in [0.2, 0.25) is 0 Å².